The van der Waals surface area contributed by atoms with Gasteiger partial charge >= 0.3 is 0 Å². The highest BCUT2D eigenvalue weighted by atomic mass is 16.5. The fraction of sp³-hybridized carbons (Fsp3) is 0.364. The van der Waals surface area contributed by atoms with Crippen molar-refractivity contribution in [1.82, 2.24) is 30.1 Å². The number of nitrogens with one attached hydrogen (secondary N) is 3. The van der Waals surface area contributed by atoms with Gasteiger partial charge in [-0.1, -0.05) is 5.16 Å². The fourth-order valence-electron chi connectivity index (χ4n) is 1.79. The van der Waals surface area contributed by atoms with Crippen LogP contribution in [0.1, 0.15) is 12.8 Å². The molecule has 3 heterocycles. The van der Waals surface area contributed by atoms with Crippen LogP contribution in [-0.4, -0.2) is 43.2 Å². The minimum Gasteiger partial charge on any atom is -0.368 e. The summed E-state index contributed by atoms with van der Waals surface area (Å²) < 4.78 is 4.94. The first kappa shape index (κ1) is 12.3. The van der Waals surface area contributed by atoms with Crippen LogP contribution >= 0.6 is 0 Å². The lowest BCUT2D eigenvalue weighted by atomic mass is 10.4. The Morgan fingerprint density at radius 3 is 3.00 bits per heavy atom. The molecule has 9 heteroatoms. The number of H-pyrrole nitrogens is 1. The van der Waals surface area contributed by atoms with Crippen LogP contribution in [0.5, 0.6) is 0 Å². The summed E-state index contributed by atoms with van der Waals surface area (Å²) in [6, 6.07) is 0. The number of imidazole rings is 1. The van der Waals surface area contributed by atoms with Crippen LogP contribution in [0, 0.1) is 0 Å². The maximum absolute atomic E-state index is 4.94. The Hall–Kier alpha value is -2.71. The molecule has 20 heavy (non-hydrogen) atoms. The molecule has 0 aliphatic heterocycles. The molecule has 3 aromatic heterocycles. The van der Waals surface area contributed by atoms with Crippen molar-refractivity contribution in [2.24, 2.45) is 0 Å². The van der Waals surface area contributed by atoms with Crippen molar-refractivity contribution in [2.45, 2.75) is 13.3 Å². The molecule has 0 spiro atoms. The minimum absolute atomic E-state index is 0.549. The molecule has 0 aliphatic carbocycles. The van der Waals surface area contributed by atoms with E-state index in [4.69, 9.17) is 4.52 Å². The standard InChI is InChI=1S/C11H14N8O/c1-2-12-11-18-9(8-10(19-11)16-5-15-8)13-4-3-7-14-6-17-20-7/h5-6H,2-4H2,1H3,(H3,12,13,15,16,18,19). The van der Waals surface area contributed by atoms with Crippen LogP contribution in [0.3, 0.4) is 0 Å². The summed E-state index contributed by atoms with van der Waals surface area (Å²) in [5.74, 6) is 1.83. The smallest absolute Gasteiger partial charge is 0.228 e. The highest BCUT2D eigenvalue weighted by molar-refractivity contribution is 5.83. The first-order valence-electron chi connectivity index (χ1n) is 6.31. The summed E-state index contributed by atoms with van der Waals surface area (Å²) in [7, 11) is 0. The topological polar surface area (TPSA) is 117 Å². The van der Waals surface area contributed by atoms with E-state index in [1.165, 1.54) is 6.33 Å². The SMILES string of the molecule is CCNc1nc(NCCc2ncno2)c2[nH]cnc2n1. The van der Waals surface area contributed by atoms with Crippen LogP contribution in [0.4, 0.5) is 11.8 Å². The molecule has 0 fully saturated rings. The summed E-state index contributed by atoms with van der Waals surface area (Å²) in [4.78, 5) is 19.8. The molecule has 0 bridgehead atoms. The molecule has 3 N–H and O–H groups in total. The average Bonchev–Trinajstić information content (AvgIpc) is 3.09. The van der Waals surface area contributed by atoms with Crippen molar-refractivity contribution in [2.75, 3.05) is 23.7 Å². The number of anilines is 2. The Labute approximate surface area is 114 Å². The van der Waals surface area contributed by atoms with Crippen molar-refractivity contribution >= 4 is 22.9 Å². The number of aromatic amines is 1. The van der Waals surface area contributed by atoms with E-state index in [-0.39, 0.29) is 0 Å². The first-order valence-corrected chi connectivity index (χ1v) is 6.31. The van der Waals surface area contributed by atoms with Gasteiger partial charge in [0.05, 0.1) is 6.33 Å². The van der Waals surface area contributed by atoms with Crippen LogP contribution in [-0.2, 0) is 6.42 Å². The summed E-state index contributed by atoms with van der Waals surface area (Å²) in [6.45, 7) is 3.36. The highest BCUT2D eigenvalue weighted by Crippen LogP contribution is 2.18. The third kappa shape index (κ3) is 2.51. The molecule has 0 aliphatic rings. The van der Waals surface area contributed by atoms with Gasteiger partial charge in [-0.25, -0.2) is 4.98 Å². The molecular weight excluding hydrogens is 260 g/mol. The zero-order valence-electron chi connectivity index (χ0n) is 10.9. The zero-order chi connectivity index (χ0) is 13.8. The quantitative estimate of drug-likeness (QED) is 0.604. The van der Waals surface area contributed by atoms with E-state index in [0.29, 0.717) is 36.3 Å². The molecule has 3 rings (SSSR count). The van der Waals surface area contributed by atoms with E-state index in [2.05, 4.69) is 40.7 Å². The monoisotopic (exact) mass is 274 g/mol. The van der Waals surface area contributed by atoms with Gasteiger partial charge in [0.25, 0.3) is 0 Å². The fourth-order valence-corrected chi connectivity index (χ4v) is 1.79. The van der Waals surface area contributed by atoms with Gasteiger partial charge in [0.1, 0.15) is 5.52 Å². The maximum atomic E-state index is 4.94. The second kappa shape index (κ2) is 5.51. The van der Waals surface area contributed by atoms with E-state index in [9.17, 15) is 0 Å². The van der Waals surface area contributed by atoms with E-state index >= 15 is 0 Å². The third-order valence-electron chi connectivity index (χ3n) is 2.66. The number of nitrogens with zero attached hydrogens (tertiary/aromatic N) is 5. The molecule has 0 unspecified atom stereocenters. The lowest BCUT2D eigenvalue weighted by Crippen LogP contribution is -2.10. The molecule has 3 aromatic rings. The van der Waals surface area contributed by atoms with Gasteiger partial charge in [-0.2, -0.15) is 15.0 Å². The number of aromatic nitrogens is 6. The molecule has 0 radical (unpaired) electrons. The number of rotatable bonds is 6. The zero-order valence-corrected chi connectivity index (χ0v) is 10.9. The minimum atomic E-state index is 0.549. The first-order chi connectivity index (χ1) is 9.86. The largest absolute Gasteiger partial charge is 0.368 e. The van der Waals surface area contributed by atoms with Gasteiger partial charge in [0, 0.05) is 19.5 Å². The summed E-state index contributed by atoms with van der Waals surface area (Å²) in [5.41, 5.74) is 1.40. The van der Waals surface area contributed by atoms with E-state index in [1.54, 1.807) is 6.33 Å². The summed E-state index contributed by atoms with van der Waals surface area (Å²) in [5, 5.41) is 9.86. The van der Waals surface area contributed by atoms with Gasteiger partial charge < -0.3 is 20.1 Å². The third-order valence-corrected chi connectivity index (χ3v) is 2.66. The number of hydrogen-bond acceptors (Lipinski definition) is 8. The maximum Gasteiger partial charge on any atom is 0.228 e. The molecule has 0 amide bonds. The Bertz CT molecular complexity index is 677. The van der Waals surface area contributed by atoms with Crippen LogP contribution in [0.2, 0.25) is 0 Å². The molecular formula is C11H14N8O. The molecule has 9 nitrogen and oxygen atoms in total. The highest BCUT2D eigenvalue weighted by Gasteiger charge is 2.09. The Morgan fingerprint density at radius 2 is 2.20 bits per heavy atom. The van der Waals surface area contributed by atoms with Gasteiger partial charge in [0.15, 0.2) is 17.8 Å². The van der Waals surface area contributed by atoms with Crippen LogP contribution in [0.15, 0.2) is 17.2 Å². The Morgan fingerprint density at radius 1 is 1.25 bits per heavy atom. The second-order valence-corrected chi connectivity index (χ2v) is 4.04. The van der Waals surface area contributed by atoms with Gasteiger partial charge in [-0.05, 0) is 6.92 Å². The van der Waals surface area contributed by atoms with Gasteiger partial charge in [-0.15, -0.1) is 0 Å². The van der Waals surface area contributed by atoms with Crippen LogP contribution in [0.25, 0.3) is 11.2 Å². The second-order valence-electron chi connectivity index (χ2n) is 4.04. The lowest BCUT2D eigenvalue weighted by molar-refractivity contribution is 0.380. The Kier molecular flexibility index (Phi) is 3.40. The predicted molar refractivity (Wildman–Crippen MR) is 72.3 cm³/mol. The molecule has 0 aromatic carbocycles. The number of hydrogen-bond donors (Lipinski definition) is 3. The Balaban J connectivity index is 1.76. The normalized spacial score (nSPS) is 10.8. The molecule has 104 valence electrons. The average molecular weight is 274 g/mol. The van der Waals surface area contributed by atoms with Crippen molar-refractivity contribution in [3.63, 3.8) is 0 Å². The van der Waals surface area contributed by atoms with Crippen molar-refractivity contribution < 1.29 is 4.52 Å². The molecule has 0 atom stereocenters. The lowest BCUT2D eigenvalue weighted by Gasteiger charge is -2.07. The molecule has 0 saturated carbocycles. The van der Waals surface area contributed by atoms with E-state index < -0.39 is 0 Å². The van der Waals surface area contributed by atoms with Gasteiger partial charge in [-0.3, -0.25) is 0 Å². The van der Waals surface area contributed by atoms with Gasteiger partial charge in [0.2, 0.25) is 11.8 Å². The summed E-state index contributed by atoms with van der Waals surface area (Å²) in [6.07, 6.45) is 3.60. The van der Waals surface area contributed by atoms with E-state index in [1.807, 2.05) is 6.92 Å². The van der Waals surface area contributed by atoms with Crippen molar-refractivity contribution in [1.29, 1.82) is 0 Å². The number of fused-ring (bicyclic) bond motifs is 1. The van der Waals surface area contributed by atoms with Crippen molar-refractivity contribution in [3.8, 4) is 0 Å². The van der Waals surface area contributed by atoms with E-state index in [0.717, 1.165) is 12.1 Å². The predicted octanol–water partition coefficient (Wildman–Crippen LogP) is 0.822. The van der Waals surface area contributed by atoms with Crippen molar-refractivity contribution in [3.05, 3.63) is 18.5 Å². The molecule has 0 saturated heterocycles. The van der Waals surface area contributed by atoms with Crippen LogP contribution < -0.4 is 10.6 Å². The summed E-state index contributed by atoms with van der Waals surface area (Å²) >= 11 is 0.